The van der Waals surface area contributed by atoms with Crippen LogP contribution in [0.2, 0.25) is 0 Å². The third-order valence-corrected chi connectivity index (χ3v) is 2.94. The monoisotopic (exact) mass is 307 g/mol. The summed E-state index contributed by atoms with van der Waals surface area (Å²) in [5.74, 6) is 0.0931. The zero-order valence-electron chi connectivity index (χ0n) is 12.9. The Hall–Kier alpha value is -2.44. The molecule has 0 saturated carbocycles. The highest BCUT2D eigenvalue weighted by Gasteiger charge is 2.25. The van der Waals surface area contributed by atoms with E-state index in [-0.39, 0.29) is 19.0 Å². The van der Waals surface area contributed by atoms with Crippen molar-refractivity contribution in [3.63, 3.8) is 0 Å². The number of para-hydroxylation sites is 1. The Morgan fingerprint density at radius 2 is 2.23 bits per heavy atom. The van der Waals surface area contributed by atoms with Gasteiger partial charge in [0.25, 0.3) is 5.91 Å². The summed E-state index contributed by atoms with van der Waals surface area (Å²) in [4.78, 5) is 23.6. The first kappa shape index (κ1) is 15.9. The van der Waals surface area contributed by atoms with E-state index in [0.717, 1.165) is 0 Å². The number of fused-ring (bicyclic) bond motifs is 1. The Morgan fingerprint density at radius 1 is 1.50 bits per heavy atom. The molecule has 1 unspecified atom stereocenters. The molecule has 7 nitrogen and oxygen atoms in total. The van der Waals surface area contributed by atoms with E-state index < -0.39 is 17.8 Å². The fourth-order valence-corrected chi connectivity index (χ4v) is 2.00. The lowest BCUT2D eigenvalue weighted by Gasteiger charge is -2.22. The van der Waals surface area contributed by atoms with Gasteiger partial charge in [0.15, 0.2) is 5.75 Å². The minimum atomic E-state index is -0.570. The Labute approximate surface area is 129 Å². The number of hydrogen-bond donors (Lipinski definition) is 3. The number of hydrogen-bond acceptors (Lipinski definition) is 5. The van der Waals surface area contributed by atoms with Crippen LogP contribution in [0, 0.1) is 0 Å². The smallest absolute Gasteiger partial charge is 0.407 e. The van der Waals surface area contributed by atoms with Crippen molar-refractivity contribution in [2.24, 2.45) is 0 Å². The lowest BCUT2D eigenvalue weighted by atomic mass is 10.1. The van der Waals surface area contributed by atoms with Crippen LogP contribution in [0.1, 0.15) is 31.1 Å². The van der Waals surface area contributed by atoms with Crippen LogP contribution in [0.3, 0.4) is 0 Å². The molecule has 2 rings (SSSR count). The average molecular weight is 307 g/mol. The minimum absolute atomic E-state index is 0.197. The van der Waals surface area contributed by atoms with Crippen molar-refractivity contribution in [1.82, 2.24) is 10.6 Å². The topological polar surface area (TPSA) is 103 Å². The molecule has 2 amide bonds. The Bertz CT molecular complexity index is 581. The molecule has 0 bridgehead atoms. The Kier molecular flexibility index (Phi) is 4.44. The molecule has 0 fully saturated rings. The number of carbonyl (C=O) groups is 2. The van der Waals surface area contributed by atoms with E-state index in [4.69, 9.17) is 15.2 Å². The van der Waals surface area contributed by atoms with E-state index in [1.54, 1.807) is 39.0 Å². The number of amides is 2. The van der Waals surface area contributed by atoms with Gasteiger partial charge in [0.05, 0.1) is 24.3 Å². The average Bonchev–Trinajstić information content (AvgIpc) is 2.56. The van der Waals surface area contributed by atoms with Crippen molar-refractivity contribution in [2.45, 2.75) is 32.5 Å². The van der Waals surface area contributed by atoms with E-state index in [0.29, 0.717) is 17.0 Å². The summed E-state index contributed by atoms with van der Waals surface area (Å²) < 4.78 is 10.9. The standard InChI is InChI=1S/C15H21N3O4/c1-15(2,3)22-14(20)18-8-9-7-17-13(19)10-5-4-6-11(16)12(10)21-9/h4-6,9H,7-8,16H2,1-3H3,(H,17,19)(H,18,20). The van der Waals surface area contributed by atoms with E-state index in [2.05, 4.69) is 10.6 Å². The van der Waals surface area contributed by atoms with Crippen LogP contribution in [0.5, 0.6) is 5.75 Å². The largest absolute Gasteiger partial charge is 0.484 e. The van der Waals surface area contributed by atoms with Gasteiger partial charge in [-0.15, -0.1) is 0 Å². The summed E-state index contributed by atoms with van der Waals surface area (Å²) in [6.07, 6.45) is -0.963. The van der Waals surface area contributed by atoms with Crippen LogP contribution in [0.15, 0.2) is 18.2 Å². The third-order valence-electron chi connectivity index (χ3n) is 2.94. The number of alkyl carbamates (subject to hydrolysis) is 1. The number of rotatable bonds is 2. The molecular formula is C15H21N3O4. The lowest BCUT2D eigenvalue weighted by Crippen LogP contribution is -2.42. The fourth-order valence-electron chi connectivity index (χ4n) is 2.00. The molecule has 0 aromatic heterocycles. The number of anilines is 1. The molecular weight excluding hydrogens is 286 g/mol. The highest BCUT2D eigenvalue weighted by Crippen LogP contribution is 2.28. The van der Waals surface area contributed by atoms with Gasteiger partial charge in [0.2, 0.25) is 0 Å². The van der Waals surface area contributed by atoms with Gasteiger partial charge in [-0.1, -0.05) is 6.07 Å². The summed E-state index contributed by atoms with van der Waals surface area (Å²) >= 11 is 0. The second kappa shape index (κ2) is 6.13. The van der Waals surface area contributed by atoms with Gasteiger partial charge < -0.3 is 25.8 Å². The number of carbonyl (C=O) groups excluding carboxylic acids is 2. The summed E-state index contributed by atoms with van der Waals surface area (Å²) in [5, 5.41) is 5.36. The second-order valence-corrected chi connectivity index (χ2v) is 6.06. The van der Waals surface area contributed by atoms with E-state index in [1.807, 2.05) is 0 Å². The predicted octanol–water partition coefficient (Wildman–Crippen LogP) is 1.28. The van der Waals surface area contributed by atoms with Crippen LogP contribution in [0.4, 0.5) is 10.5 Å². The molecule has 0 spiro atoms. The van der Waals surface area contributed by atoms with Crippen LogP contribution < -0.4 is 21.1 Å². The highest BCUT2D eigenvalue weighted by atomic mass is 16.6. The molecule has 1 atom stereocenters. The van der Waals surface area contributed by atoms with Gasteiger partial charge in [-0.25, -0.2) is 4.79 Å². The third kappa shape index (κ3) is 4.03. The van der Waals surface area contributed by atoms with Gasteiger partial charge >= 0.3 is 6.09 Å². The summed E-state index contributed by atoms with van der Waals surface area (Å²) in [7, 11) is 0. The molecule has 1 aromatic carbocycles. The van der Waals surface area contributed by atoms with Crippen LogP contribution >= 0.6 is 0 Å². The fraction of sp³-hybridized carbons (Fsp3) is 0.467. The maximum Gasteiger partial charge on any atom is 0.407 e. The zero-order chi connectivity index (χ0) is 16.3. The van der Waals surface area contributed by atoms with Gasteiger partial charge in [-0.05, 0) is 32.9 Å². The van der Waals surface area contributed by atoms with Crippen LogP contribution in [-0.2, 0) is 4.74 Å². The molecule has 1 aliphatic heterocycles. The number of nitrogens with two attached hydrogens (primary N) is 1. The Balaban J connectivity index is 2.01. The summed E-state index contributed by atoms with van der Waals surface area (Å²) in [6, 6.07) is 5.00. The van der Waals surface area contributed by atoms with E-state index in [9.17, 15) is 9.59 Å². The molecule has 120 valence electrons. The first-order valence-corrected chi connectivity index (χ1v) is 7.06. The first-order valence-electron chi connectivity index (χ1n) is 7.06. The maximum atomic E-state index is 12.0. The van der Waals surface area contributed by atoms with Crippen molar-refractivity contribution < 1.29 is 19.1 Å². The normalized spacial score (nSPS) is 17.6. The first-order chi connectivity index (χ1) is 10.3. The minimum Gasteiger partial charge on any atom is -0.484 e. The molecule has 7 heteroatoms. The summed E-state index contributed by atoms with van der Waals surface area (Å²) in [5.41, 5.74) is 6.06. The predicted molar refractivity (Wildman–Crippen MR) is 81.8 cm³/mol. The van der Waals surface area contributed by atoms with Gasteiger partial charge in [0.1, 0.15) is 11.7 Å². The molecule has 1 aromatic rings. The molecule has 22 heavy (non-hydrogen) atoms. The number of benzene rings is 1. The second-order valence-electron chi connectivity index (χ2n) is 6.06. The van der Waals surface area contributed by atoms with Crippen molar-refractivity contribution in [3.05, 3.63) is 23.8 Å². The Morgan fingerprint density at radius 3 is 2.91 bits per heavy atom. The SMILES string of the molecule is CC(C)(C)OC(=O)NCC1CNC(=O)c2cccc(N)c2O1. The quantitative estimate of drug-likeness (QED) is 0.714. The number of nitrogens with one attached hydrogen (secondary N) is 2. The van der Waals surface area contributed by atoms with Gasteiger partial charge in [-0.2, -0.15) is 0 Å². The highest BCUT2D eigenvalue weighted by molar-refractivity contribution is 5.99. The zero-order valence-corrected chi connectivity index (χ0v) is 12.9. The number of ether oxygens (including phenoxy) is 2. The molecule has 0 radical (unpaired) electrons. The maximum absolute atomic E-state index is 12.0. The molecule has 1 heterocycles. The lowest BCUT2D eigenvalue weighted by molar-refractivity contribution is 0.0503. The molecule has 1 aliphatic rings. The van der Waals surface area contributed by atoms with Crippen molar-refractivity contribution in [2.75, 3.05) is 18.8 Å². The van der Waals surface area contributed by atoms with Crippen molar-refractivity contribution in [3.8, 4) is 5.75 Å². The van der Waals surface area contributed by atoms with E-state index in [1.165, 1.54) is 0 Å². The van der Waals surface area contributed by atoms with Crippen molar-refractivity contribution >= 4 is 17.7 Å². The van der Waals surface area contributed by atoms with Crippen LogP contribution in [0.25, 0.3) is 0 Å². The number of nitrogen functional groups attached to an aromatic ring is 1. The molecule has 0 aliphatic carbocycles. The van der Waals surface area contributed by atoms with Crippen molar-refractivity contribution in [1.29, 1.82) is 0 Å². The van der Waals surface area contributed by atoms with Gasteiger partial charge in [0, 0.05) is 0 Å². The summed E-state index contributed by atoms with van der Waals surface area (Å²) in [6.45, 7) is 5.81. The van der Waals surface area contributed by atoms with E-state index >= 15 is 0 Å². The molecule has 0 saturated heterocycles. The van der Waals surface area contributed by atoms with Gasteiger partial charge in [-0.3, -0.25) is 4.79 Å². The van der Waals surface area contributed by atoms with Crippen LogP contribution in [-0.4, -0.2) is 36.8 Å². The molecule has 4 N–H and O–H groups in total.